The Morgan fingerprint density at radius 2 is 1.90 bits per heavy atom. The lowest BCUT2D eigenvalue weighted by molar-refractivity contribution is 0.0996. The molecule has 20 heavy (non-hydrogen) atoms. The normalized spacial score (nSPS) is 13.3. The van der Waals surface area contributed by atoms with Gasteiger partial charge in [-0.25, -0.2) is 0 Å². The summed E-state index contributed by atoms with van der Waals surface area (Å²) < 4.78 is 5.21. The Morgan fingerprint density at radius 3 is 2.55 bits per heavy atom. The van der Waals surface area contributed by atoms with E-state index in [0.717, 1.165) is 28.3 Å². The van der Waals surface area contributed by atoms with Crippen LogP contribution in [0.2, 0.25) is 0 Å². The zero-order chi connectivity index (χ0) is 14.1. The van der Waals surface area contributed by atoms with Crippen molar-refractivity contribution in [3.05, 3.63) is 53.6 Å². The number of benzene rings is 2. The molecule has 3 rings (SSSR count). The Hall–Kier alpha value is -2.49. The maximum atomic E-state index is 12.4. The Labute approximate surface area is 118 Å². The number of rotatable bonds is 3. The first kappa shape index (κ1) is 12.5. The van der Waals surface area contributed by atoms with Crippen LogP contribution in [0.1, 0.15) is 15.9 Å². The molecule has 0 radical (unpaired) electrons. The summed E-state index contributed by atoms with van der Waals surface area (Å²) in [6.45, 7) is 0.588. The molecule has 0 unspecified atom stereocenters. The molecular weight excluding hydrogens is 252 g/mol. The van der Waals surface area contributed by atoms with E-state index in [1.165, 1.54) is 0 Å². The molecule has 0 spiro atoms. The van der Waals surface area contributed by atoms with Crippen LogP contribution in [0.3, 0.4) is 0 Å². The molecule has 2 aromatic carbocycles. The van der Waals surface area contributed by atoms with Crippen LogP contribution in [0.4, 0.5) is 11.4 Å². The number of anilines is 2. The fraction of sp³-hybridized carbons (Fsp3) is 0.188. The van der Waals surface area contributed by atoms with Gasteiger partial charge in [0.15, 0.2) is 0 Å². The van der Waals surface area contributed by atoms with Gasteiger partial charge in [0, 0.05) is 24.0 Å². The van der Waals surface area contributed by atoms with E-state index in [0.29, 0.717) is 6.54 Å². The van der Waals surface area contributed by atoms with Gasteiger partial charge in [-0.2, -0.15) is 0 Å². The number of ether oxygens (including phenoxy) is 1. The second kappa shape index (κ2) is 4.89. The minimum absolute atomic E-state index is 0.0415. The summed E-state index contributed by atoms with van der Waals surface area (Å²) in [6, 6.07) is 13.4. The molecule has 0 atom stereocenters. The van der Waals surface area contributed by atoms with E-state index in [2.05, 4.69) is 5.32 Å². The highest BCUT2D eigenvalue weighted by molar-refractivity contribution is 6.10. The fourth-order valence-corrected chi connectivity index (χ4v) is 2.44. The highest BCUT2D eigenvalue weighted by atomic mass is 16.5. The van der Waals surface area contributed by atoms with Gasteiger partial charge in [0.2, 0.25) is 0 Å². The molecule has 1 aliphatic rings. The highest BCUT2D eigenvalue weighted by Crippen LogP contribution is 2.31. The van der Waals surface area contributed by atoms with Crippen LogP contribution in [-0.2, 0) is 6.54 Å². The molecule has 1 aliphatic heterocycles. The highest BCUT2D eigenvalue weighted by Gasteiger charge is 2.28. The van der Waals surface area contributed by atoms with Crippen LogP contribution in [0.25, 0.3) is 0 Å². The number of carbonyl (C=O) groups excluding carboxylic acids is 1. The average molecular weight is 268 g/mol. The third kappa shape index (κ3) is 1.99. The van der Waals surface area contributed by atoms with Crippen LogP contribution < -0.4 is 15.0 Å². The maximum Gasteiger partial charge on any atom is 0.258 e. The summed E-state index contributed by atoms with van der Waals surface area (Å²) in [5, 5.41) is 3.07. The van der Waals surface area contributed by atoms with Gasteiger partial charge in [-0.1, -0.05) is 0 Å². The van der Waals surface area contributed by atoms with E-state index in [-0.39, 0.29) is 5.91 Å². The second-order valence-corrected chi connectivity index (χ2v) is 4.71. The monoisotopic (exact) mass is 268 g/mol. The standard InChI is InChI=1S/C16H16N2O2/c1-17-12-3-5-13(6-4-12)18-10-11-9-14(20-2)7-8-15(11)16(18)19/h3-9,17H,10H2,1-2H3. The Bertz CT molecular complexity index is 650. The van der Waals surface area contributed by atoms with E-state index >= 15 is 0 Å². The molecule has 2 aromatic rings. The molecule has 4 heteroatoms. The first-order valence-electron chi connectivity index (χ1n) is 6.49. The molecular formula is C16H16N2O2. The van der Waals surface area contributed by atoms with Gasteiger partial charge in [0.25, 0.3) is 5.91 Å². The molecule has 0 saturated carbocycles. The topological polar surface area (TPSA) is 41.6 Å². The molecule has 1 heterocycles. The lowest BCUT2D eigenvalue weighted by Gasteiger charge is -2.16. The van der Waals surface area contributed by atoms with Gasteiger partial charge in [0.1, 0.15) is 5.75 Å². The van der Waals surface area contributed by atoms with Crippen molar-refractivity contribution in [3.8, 4) is 5.75 Å². The van der Waals surface area contributed by atoms with Crippen LogP contribution >= 0.6 is 0 Å². The van der Waals surface area contributed by atoms with Crippen molar-refractivity contribution < 1.29 is 9.53 Å². The van der Waals surface area contributed by atoms with Crippen molar-refractivity contribution in [2.24, 2.45) is 0 Å². The van der Waals surface area contributed by atoms with E-state index in [1.807, 2.05) is 49.5 Å². The second-order valence-electron chi connectivity index (χ2n) is 4.71. The summed E-state index contributed by atoms with van der Waals surface area (Å²) in [7, 11) is 3.50. The number of hydrogen-bond acceptors (Lipinski definition) is 3. The molecule has 1 amide bonds. The van der Waals surface area contributed by atoms with Gasteiger partial charge < -0.3 is 15.0 Å². The fourth-order valence-electron chi connectivity index (χ4n) is 2.44. The molecule has 0 bridgehead atoms. The number of fused-ring (bicyclic) bond motifs is 1. The predicted octanol–water partition coefficient (Wildman–Crippen LogP) is 2.90. The van der Waals surface area contributed by atoms with E-state index in [1.54, 1.807) is 12.0 Å². The Kier molecular flexibility index (Phi) is 3.06. The first-order valence-corrected chi connectivity index (χ1v) is 6.49. The van der Waals surface area contributed by atoms with E-state index < -0.39 is 0 Å². The number of carbonyl (C=O) groups is 1. The van der Waals surface area contributed by atoms with Gasteiger partial charge in [0.05, 0.1) is 13.7 Å². The van der Waals surface area contributed by atoms with Crippen molar-refractivity contribution in [2.45, 2.75) is 6.54 Å². The van der Waals surface area contributed by atoms with Crippen molar-refractivity contribution in [3.63, 3.8) is 0 Å². The molecule has 102 valence electrons. The number of hydrogen-bond donors (Lipinski definition) is 1. The molecule has 0 aliphatic carbocycles. The summed E-state index contributed by atoms with van der Waals surface area (Å²) in [5.74, 6) is 0.823. The van der Waals surface area contributed by atoms with E-state index in [9.17, 15) is 4.79 Å². The predicted molar refractivity (Wildman–Crippen MR) is 79.5 cm³/mol. The number of amides is 1. The zero-order valence-electron chi connectivity index (χ0n) is 11.5. The van der Waals surface area contributed by atoms with Crippen LogP contribution in [0.15, 0.2) is 42.5 Å². The Morgan fingerprint density at radius 1 is 1.15 bits per heavy atom. The molecule has 0 saturated heterocycles. The van der Waals surface area contributed by atoms with Gasteiger partial charge in [-0.3, -0.25) is 4.79 Å². The average Bonchev–Trinajstić information content (AvgIpc) is 2.84. The molecule has 0 aromatic heterocycles. The van der Waals surface area contributed by atoms with Crippen molar-refractivity contribution in [1.29, 1.82) is 0 Å². The number of nitrogens with one attached hydrogen (secondary N) is 1. The quantitative estimate of drug-likeness (QED) is 0.930. The lowest BCUT2D eigenvalue weighted by Crippen LogP contribution is -2.22. The molecule has 1 N–H and O–H groups in total. The van der Waals surface area contributed by atoms with Crippen LogP contribution in [-0.4, -0.2) is 20.1 Å². The van der Waals surface area contributed by atoms with Crippen molar-refractivity contribution in [1.82, 2.24) is 0 Å². The number of methoxy groups -OCH3 is 1. The largest absolute Gasteiger partial charge is 0.497 e. The molecule has 0 fully saturated rings. The van der Waals surface area contributed by atoms with Crippen LogP contribution in [0, 0.1) is 0 Å². The van der Waals surface area contributed by atoms with Gasteiger partial charge in [-0.15, -0.1) is 0 Å². The smallest absolute Gasteiger partial charge is 0.258 e. The lowest BCUT2D eigenvalue weighted by atomic mass is 10.1. The van der Waals surface area contributed by atoms with Crippen molar-refractivity contribution >= 4 is 17.3 Å². The summed E-state index contributed by atoms with van der Waals surface area (Å²) in [6.07, 6.45) is 0. The van der Waals surface area contributed by atoms with Gasteiger partial charge >= 0.3 is 0 Å². The van der Waals surface area contributed by atoms with Crippen molar-refractivity contribution in [2.75, 3.05) is 24.4 Å². The van der Waals surface area contributed by atoms with Crippen LogP contribution in [0.5, 0.6) is 5.75 Å². The molecule has 4 nitrogen and oxygen atoms in total. The SMILES string of the molecule is CNc1ccc(N2Cc3cc(OC)ccc3C2=O)cc1. The zero-order valence-corrected chi connectivity index (χ0v) is 11.5. The third-order valence-corrected chi connectivity index (χ3v) is 3.58. The third-order valence-electron chi connectivity index (χ3n) is 3.58. The minimum atomic E-state index is 0.0415. The van der Waals surface area contributed by atoms with Gasteiger partial charge in [-0.05, 0) is 48.0 Å². The summed E-state index contributed by atoms with van der Waals surface area (Å²) in [4.78, 5) is 14.2. The number of nitrogens with zero attached hydrogens (tertiary/aromatic N) is 1. The Balaban J connectivity index is 1.92. The van der Waals surface area contributed by atoms with E-state index in [4.69, 9.17) is 4.74 Å². The minimum Gasteiger partial charge on any atom is -0.497 e. The summed E-state index contributed by atoms with van der Waals surface area (Å²) in [5.41, 5.74) is 3.69. The first-order chi connectivity index (χ1) is 9.72. The maximum absolute atomic E-state index is 12.4. The summed E-state index contributed by atoms with van der Waals surface area (Å²) >= 11 is 0.